The number of benzene rings is 2. The number of nitro groups is 1. The van der Waals surface area contributed by atoms with E-state index < -0.39 is 75.0 Å². The topological polar surface area (TPSA) is 213 Å². The molecule has 5 N–H and O–H groups in total. The van der Waals surface area contributed by atoms with Crippen molar-refractivity contribution in [3.8, 4) is 5.75 Å². The molecule has 14 nitrogen and oxygen atoms in total. The summed E-state index contributed by atoms with van der Waals surface area (Å²) in [7, 11) is 6.56. The second-order valence-corrected chi connectivity index (χ2v) is 12.1. The summed E-state index contributed by atoms with van der Waals surface area (Å²) in [5, 5.41) is 37.1. The number of nitrogens with two attached hydrogens (primary N) is 1. The Morgan fingerprint density at radius 3 is 2.30 bits per heavy atom. The molecule has 0 spiro atoms. The molecule has 2 saturated carbocycles. The molecule has 0 bridgehead atoms. The number of nitrogens with zero attached hydrogens (tertiary/aromatic N) is 3. The number of rotatable bonds is 7. The quantitative estimate of drug-likeness (QED) is 0.146. The fraction of sp³-hybridized carbons (Fsp3) is 0.433. The summed E-state index contributed by atoms with van der Waals surface area (Å²) < 4.78 is 0. The Bertz CT molecular complexity index is 1620. The minimum Gasteiger partial charge on any atom is -0.505 e. The van der Waals surface area contributed by atoms with Crippen LogP contribution in [0, 0.1) is 33.8 Å². The molecule has 2 aromatic carbocycles. The van der Waals surface area contributed by atoms with E-state index in [0.29, 0.717) is 16.8 Å². The molecule has 0 radical (unpaired) electrons. The highest BCUT2D eigenvalue weighted by Crippen LogP contribution is 2.52. The molecule has 2 aromatic rings. The van der Waals surface area contributed by atoms with E-state index in [0.717, 1.165) is 0 Å². The molecule has 232 valence electrons. The molecular weight excluding hydrogens is 574 g/mol. The molecule has 5 rings (SSSR count). The lowest BCUT2D eigenvalue weighted by molar-refractivity contribution is -0.384. The van der Waals surface area contributed by atoms with Gasteiger partial charge in [-0.3, -0.25) is 39.0 Å². The van der Waals surface area contributed by atoms with Gasteiger partial charge in [-0.1, -0.05) is 12.1 Å². The number of phenols is 1. The van der Waals surface area contributed by atoms with Crippen LogP contribution in [-0.4, -0.2) is 88.9 Å². The van der Waals surface area contributed by atoms with Crippen LogP contribution in [0.4, 0.5) is 17.1 Å². The predicted octanol–water partition coefficient (Wildman–Crippen LogP) is 0.453. The first-order valence-corrected chi connectivity index (χ1v) is 14.0. The number of aromatic hydroxyl groups is 1. The van der Waals surface area contributed by atoms with Gasteiger partial charge < -0.3 is 26.2 Å². The van der Waals surface area contributed by atoms with E-state index in [1.807, 2.05) is 0 Å². The lowest BCUT2D eigenvalue weighted by Crippen LogP contribution is -2.74. The Morgan fingerprint density at radius 1 is 1.11 bits per heavy atom. The van der Waals surface area contributed by atoms with Crippen molar-refractivity contribution in [1.82, 2.24) is 4.90 Å². The van der Waals surface area contributed by atoms with Crippen molar-refractivity contribution in [3.63, 3.8) is 0 Å². The number of carbonyl (C=O) groups excluding carboxylic acids is 5. The number of ketones is 4. The number of primary amides is 1. The van der Waals surface area contributed by atoms with Crippen LogP contribution in [-0.2, 0) is 32.1 Å². The molecular formula is C30H33N5O9. The Morgan fingerprint density at radius 2 is 1.75 bits per heavy atom. The Labute approximate surface area is 251 Å². The molecule has 0 aliphatic heterocycles. The van der Waals surface area contributed by atoms with Gasteiger partial charge in [-0.25, -0.2) is 0 Å². The summed E-state index contributed by atoms with van der Waals surface area (Å²) in [5.41, 5.74) is 4.23. The minimum atomic E-state index is -2.80. The van der Waals surface area contributed by atoms with E-state index in [9.17, 15) is 44.3 Å². The molecule has 0 saturated heterocycles. The Balaban J connectivity index is 1.56. The van der Waals surface area contributed by atoms with Crippen LogP contribution >= 0.6 is 0 Å². The SMILES string of the molecule is CN(C)c1cc(NCc2ccc([N+](=O)[O-])cc2)c(O)c2c1C[C@H]1C[C@H]3[C@H](N(C)C)C(=O)C(C(N)=O)C(=O)[C@@]3(O)C(=O)C1C2=O. The largest absolute Gasteiger partial charge is 0.505 e. The zero-order valence-electron chi connectivity index (χ0n) is 24.6. The van der Waals surface area contributed by atoms with Gasteiger partial charge in [0.25, 0.3) is 5.69 Å². The zero-order valence-corrected chi connectivity index (χ0v) is 24.6. The van der Waals surface area contributed by atoms with E-state index in [1.165, 1.54) is 31.1 Å². The summed E-state index contributed by atoms with van der Waals surface area (Å²) in [4.78, 5) is 80.7. The Kier molecular flexibility index (Phi) is 7.54. The number of nitrogens with one attached hydrogen (secondary N) is 1. The maximum atomic E-state index is 14.1. The molecule has 3 aliphatic carbocycles. The number of Topliss-reactive ketones (excluding diaryl/α,β-unsaturated/α-hetero) is 4. The number of aliphatic hydroxyl groups is 1. The number of likely N-dealkylation sites (N-methyl/N-ethyl adjacent to an activating group) is 1. The summed E-state index contributed by atoms with van der Waals surface area (Å²) >= 11 is 0. The smallest absolute Gasteiger partial charge is 0.269 e. The second kappa shape index (κ2) is 10.8. The number of anilines is 2. The highest BCUT2D eigenvalue weighted by molar-refractivity contribution is 6.32. The summed E-state index contributed by atoms with van der Waals surface area (Å²) in [5.74, 6) is -11.2. The maximum Gasteiger partial charge on any atom is 0.269 e. The van der Waals surface area contributed by atoms with Crippen molar-refractivity contribution < 1.29 is 39.1 Å². The van der Waals surface area contributed by atoms with Gasteiger partial charge in [0.15, 0.2) is 34.7 Å². The number of nitro benzene ring substituents is 1. The van der Waals surface area contributed by atoms with Gasteiger partial charge in [0, 0.05) is 44.4 Å². The van der Waals surface area contributed by atoms with Gasteiger partial charge in [0.2, 0.25) is 5.91 Å². The molecule has 14 heteroatoms. The standard InChI is InChI=1S/C30H33N5O9/c1-33(2)19-11-18(32-12-13-5-7-15(8-6-13)35(43)44)24(36)21-16(19)9-14-10-17-23(34(3)4)26(38)22(29(31)41)28(40)30(17,42)27(39)20(14)25(21)37/h5-8,11,14,17,20,22-23,32,36,42H,9-10,12H2,1-4H3,(H2,31,41)/t14-,17-,20?,22?,23-,30-/m0/s1. The minimum absolute atomic E-state index is 0.0440. The molecule has 0 aromatic heterocycles. The van der Waals surface area contributed by atoms with Crippen LogP contribution in [0.15, 0.2) is 30.3 Å². The van der Waals surface area contributed by atoms with Crippen LogP contribution < -0.4 is 16.0 Å². The first-order valence-electron chi connectivity index (χ1n) is 14.0. The van der Waals surface area contributed by atoms with Crippen molar-refractivity contribution in [2.75, 3.05) is 38.4 Å². The molecule has 2 fully saturated rings. The predicted molar refractivity (Wildman–Crippen MR) is 156 cm³/mol. The summed E-state index contributed by atoms with van der Waals surface area (Å²) in [6, 6.07) is 6.26. The Hall–Kier alpha value is -4.69. The molecule has 3 aliphatic rings. The monoisotopic (exact) mass is 607 g/mol. The number of non-ortho nitro benzene ring substituents is 1. The van der Waals surface area contributed by atoms with Gasteiger partial charge in [0.1, 0.15) is 5.75 Å². The first-order chi connectivity index (χ1) is 20.6. The van der Waals surface area contributed by atoms with Crippen molar-refractivity contribution in [2.24, 2.45) is 29.4 Å². The molecule has 0 heterocycles. The number of hydrogen-bond acceptors (Lipinski definition) is 12. The van der Waals surface area contributed by atoms with Crippen molar-refractivity contribution >= 4 is 46.1 Å². The van der Waals surface area contributed by atoms with E-state index >= 15 is 0 Å². The number of amides is 1. The lowest BCUT2D eigenvalue weighted by atomic mass is 9.52. The van der Waals surface area contributed by atoms with Crippen LogP contribution in [0.1, 0.15) is 27.9 Å². The lowest BCUT2D eigenvalue weighted by Gasteiger charge is -2.52. The fourth-order valence-corrected chi connectivity index (χ4v) is 7.12. The highest BCUT2D eigenvalue weighted by atomic mass is 16.6. The zero-order chi connectivity index (χ0) is 32.4. The molecule has 44 heavy (non-hydrogen) atoms. The van der Waals surface area contributed by atoms with Crippen LogP contribution in [0.3, 0.4) is 0 Å². The average Bonchev–Trinajstić information content (AvgIpc) is 2.94. The number of carbonyl (C=O) groups is 5. The fourth-order valence-electron chi connectivity index (χ4n) is 7.12. The maximum absolute atomic E-state index is 14.1. The van der Waals surface area contributed by atoms with Gasteiger partial charge in [0.05, 0.1) is 28.1 Å². The number of fused-ring (bicyclic) bond motifs is 3. The molecule has 2 unspecified atom stereocenters. The van der Waals surface area contributed by atoms with Gasteiger partial charge in [-0.05, 0) is 50.0 Å². The van der Waals surface area contributed by atoms with E-state index in [-0.39, 0.29) is 36.3 Å². The van der Waals surface area contributed by atoms with Crippen molar-refractivity contribution in [2.45, 2.75) is 31.0 Å². The number of phenolic OH excluding ortho intramolecular Hbond substituents is 1. The van der Waals surface area contributed by atoms with Crippen molar-refractivity contribution in [3.05, 3.63) is 57.1 Å². The third kappa shape index (κ3) is 4.52. The first kappa shape index (κ1) is 30.8. The van der Waals surface area contributed by atoms with E-state index in [4.69, 9.17) is 5.73 Å². The number of hydrogen-bond donors (Lipinski definition) is 4. The summed E-state index contributed by atoms with van der Waals surface area (Å²) in [6.07, 6.45) is 0.0905. The normalized spacial score (nSPS) is 27.8. The molecule has 1 amide bonds. The van der Waals surface area contributed by atoms with Gasteiger partial charge >= 0.3 is 0 Å². The average molecular weight is 608 g/mol. The second-order valence-electron chi connectivity index (χ2n) is 12.1. The van der Waals surface area contributed by atoms with Crippen molar-refractivity contribution in [1.29, 1.82) is 0 Å². The van der Waals surface area contributed by atoms with Crippen LogP contribution in [0.5, 0.6) is 5.75 Å². The van der Waals surface area contributed by atoms with Gasteiger partial charge in [-0.2, -0.15) is 0 Å². The summed E-state index contributed by atoms with van der Waals surface area (Å²) in [6.45, 7) is 0.140. The molecule has 6 atom stereocenters. The van der Waals surface area contributed by atoms with E-state index in [2.05, 4.69) is 5.32 Å². The van der Waals surface area contributed by atoms with Crippen LogP contribution in [0.2, 0.25) is 0 Å². The third-order valence-electron chi connectivity index (χ3n) is 9.15. The third-order valence-corrected chi connectivity index (χ3v) is 9.15. The van der Waals surface area contributed by atoms with Crippen LogP contribution in [0.25, 0.3) is 0 Å². The highest BCUT2D eigenvalue weighted by Gasteiger charge is 2.69. The van der Waals surface area contributed by atoms with E-state index in [1.54, 1.807) is 37.2 Å². The van der Waals surface area contributed by atoms with Gasteiger partial charge in [-0.15, -0.1) is 0 Å².